The van der Waals surface area contributed by atoms with Gasteiger partial charge in [-0.25, -0.2) is 0 Å². The van der Waals surface area contributed by atoms with Crippen molar-refractivity contribution in [1.82, 2.24) is 0 Å². The zero-order valence-electron chi connectivity index (χ0n) is 10.7. The first-order valence-corrected chi connectivity index (χ1v) is 6.46. The number of alkyl halides is 1. The number of hydrogen-bond acceptors (Lipinski definition) is 2. The zero-order valence-corrected chi connectivity index (χ0v) is 11.5. The molecule has 1 rings (SSSR count). The lowest BCUT2D eigenvalue weighted by molar-refractivity contribution is 0.283. The molecule has 0 saturated carbocycles. The van der Waals surface area contributed by atoms with Gasteiger partial charge in [0.25, 0.3) is 0 Å². The summed E-state index contributed by atoms with van der Waals surface area (Å²) in [5.41, 5.74) is 2.28. The normalized spacial score (nSPS) is 12.8. The lowest BCUT2D eigenvalue weighted by Crippen LogP contribution is -1.99. The summed E-state index contributed by atoms with van der Waals surface area (Å²) in [6.07, 6.45) is 1.47. The Hall–Kier alpha value is -0.730. The molecule has 0 bridgehead atoms. The molecular weight excluding hydrogens is 236 g/mol. The molecule has 0 aliphatic heterocycles. The van der Waals surface area contributed by atoms with Crippen LogP contribution in [0.15, 0.2) is 18.2 Å². The lowest BCUT2D eigenvalue weighted by Gasteiger charge is -2.16. The molecule has 0 saturated heterocycles. The molecule has 0 aliphatic carbocycles. The maximum atomic E-state index is 8.84. The third-order valence-electron chi connectivity index (χ3n) is 2.87. The van der Waals surface area contributed by atoms with Crippen LogP contribution in [0.5, 0.6) is 5.75 Å². The average molecular weight is 257 g/mol. The van der Waals surface area contributed by atoms with E-state index < -0.39 is 0 Å². The van der Waals surface area contributed by atoms with Crippen LogP contribution < -0.4 is 4.74 Å². The molecule has 1 N–H and O–H groups in total. The molecule has 0 amide bonds. The first-order valence-electron chi connectivity index (χ1n) is 6.03. The van der Waals surface area contributed by atoms with Gasteiger partial charge in [-0.05, 0) is 30.4 Å². The van der Waals surface area contributed by atoms with Gasteiger partial charge in [-0.2, -0.15) is 0 Å². The molecule has 1 atom stereocenters. The van der Waals surface area contributed by atoms with Crippen molar-refractivity contribution in [3.8, 4) is 5.75 Å². The number of aliphatic hydroxyl groups is 1. The summed E-state index contributed by atoms with van der Waals surface area (Å²) >= 11 is 6.35. The second kappa shape index (κ2) is 6.87. The number of methoxy groups -OCH3 is 1. The standard InChI is InChI=1S/C14H21ClO2/c1-10(2)11-6-7-14(17-3)12(9-11)13(15)5-4-8-16/h6-7,9-10,13,16H,4-5,8H2,1-3H3. The molecule has 1 unspecified atom stereocenters. The second-order valence-electron chi connectivity index (χ2n) is 4.49. The van der Waals surface area contributed by atoms with Crippen LogP contribution in [0.2, 0.25) is 0 Å². The molecule has 17 heavy (non-hydrogen) atoms. The SMILES string of the molecule is COc1ccc(C(C)C)cc1C(Cl)CCCO. The maximum Gasteiger partial charge on any atom is 0.123 e. The fraction of sp³-hybridized carbons (Fsp3) is 0.571. The van der Waals surface area contributed by atoms with Crippen LogP contribution in [0, 0.1) is 0 Å². The molecule has 2 nitrogen and oxygen atoms in total. The summed E-state index contributed by atoms with van der Waals surface area (Å²) in [6.45, 7) is 4.49. The number of ether oxygens (including phenoxy) is 1. The maximum absolute atomic E-state index is 8.84. The van der Waals surface area contributed by atoms with E-state index in [0.717, 1.165) is 17.7 Å². The zero-order chi connectivity index (χ0) is 12.8. The fourth-order valence-corrected chi connectivity index (χ4v) is 2.11. The Balaban J connectivity index is 2.96. The van der Waals surface area contributed by atoms with Gasteiger partial charge in [-0.15, -0.1) is 11.6 Å². The summed E-state index contributed by atoms with van der Waals surface area (Å²) in [5, 5.41) is 8.74. The highest BCUT2D eigenvalue weighted by Gasteiger charge is 2.14. The van der Waals surface area contributed by atoms with E-state index in [4.69, 9.17) is 21.4 Å². The lowest BCUT2D eigenvalue weighted by atomic mass is 9.97. The van der Waals surface area contributed by atoms with Crippen molar-refractivity contribution in [2.75, 3.05) is 13.7 Å². The first kappa shape index (κ1) is 14.3. The molecule has 0 radical (unpaired) electrons. The quantitative estimate of drug-likeness (QED) is 0.783. The molecule has 1 aromatic rings. The van der Waals surface area contributed by atoms with E-state index in [-0.39, 0.29) is 12.0 Å². The van der Waals surface area contributed by atoms with Crippen LogP contribution in [0.4, 0.5) is 0 Å². The molecule has 0 aromatic heterocycles. The van der Waals surface area contributed by atoms with Crippen molar-refractivity contribution in [3.05, 3.63) is 29.3 Å². The van der Waals surface area contributed by atoms with Gasteiger partial charge in [0, 0.05) is 12.2 Å². The van der Waals surface area contributed by atoms with Crippen molar-refractivity contribution in [2.45, 2.75) is 38.0 Å². The fourth-order valence-electron chi connectivity index (χ4n) is 1.78. The Bertz CT molecular complexity index is 350. The number of halogens is 1. The minimum Gasteiger partial charge on any atom is -0.496 e. The molecule has 0 aliphatic rings. The monoisotopic (exact) mass is 256 g/mol. The third kappa shape index (κ3) is 3.90. The van der Waals surface area contributed by atoms with E-state index in [2.05, 4.69) is 26.0 Å². The van der Waals surface area contributed by atoms with Crippen molar-refractivity contribution in [3.63, 3.8) is 0 Å². The van der Waals surface area contributed by atoms with Gasteiger partial charge in [0.05, 0.1) is 12.5 Å². The highest BCUT2D eigenvalue weighted by molar-refractivity contribution is 6.21. The minimum absolute atomic E-state index is 0.101. The molecular formula is C14H21ClO2. The topological polar surface area (TPSA) is 29.5 Å². The van der Waals surface area contributed by atoms with Gasteiger partial charge < -0.3 is 9.84 Å². The van der Waals surface area contributed by atoms with E-state index in [0.29, 0.717) is 12.3 Å². The Morgan fingerprint density at radius 3 is 2.59 bits per heavy atom. The predicted octanol–water partition coefficient (Wildman–Crippen LogP) is 3.87. The smallest absolute Gasteiger partial charge is 0.123 e. The number of aliphatic hydroxyl groups excluding tert-OH is 1. The van der Waals surface area contributed by atoms with Crippen LogP contribution in [-0.4, -0.2) is 18.8 Å². The third-order valence-corrected chi connectivity index (χ3v) is 3.33. The van der Waals surface area contributed by atoms with E-state index in [1.165, 1.54) is 5.56 Å². The Labute approximate surface area is 109 Å². The Morgan fingerprint density at radius 1 is 1.35 bits per heavy atom. The molecule has 0 spiro atoms. The summed E-state index contributed by atoms with van der Waals surface area (Å²) in [6, 6.07) is 6.15. The number of hydrogen-bond donors (Lipinski definition) is 1. The van der Waals surface area contributed by atoms with Gasteiger partial charge in [-0.3, -0.25) is 0 Å². The number of rotatable bonds is 6. The van der Waals surface area contributed by atoms with Gasteiger partial charge in [0.1, 0.15) is 5.75 Å². The van der Waals surface area contributed by atoms with Crippen molar-refractivity contribution in [1.29, 1.82) is 0 Å². The minimum atomic E-state index is -0.101. The van der Waals surface area contributed by atoms with Crippen molar-refractivity contribution >= 4 is 11.6 Å². The Morgan fingerprint density at radius 2 is 2.06 bits per heavy atom. The van der Waals surface area contributed by atoms with Gasteiger partial charge in [0.2, 0.25) is 0 Å². The largest absolute Gasteiger partial charge is 0.496 e. The van der Waals surface area contributed by atoms with E-state index in [1.54, 1.807) is 7.11 Å². The summed E-state index contributed by atoms with van der Waals surface area (Å²) < 4.78 is 5.33. The first-order chi connectivity index (χ1) is 8.10. The Kier molecular flexibility index (Phi) is 5.79. The van der Waals surface area contributed by atoms with Crippen LogP contribution in [0.1, 0.15) is 49.1 Å². The van der Waals surface area contributed by atoms with Crippen LogP contribution in [-0.2, 0) is 0 Å². The highest BCUT2D eigenvalue weighted by atomic mass is 35.5. The summed E-state index contributed by atoms with van der Waals surface area (Å²) in [5.74, 6) is 1.30. The molecule has 3 heteroatoms. The van der Waals surface area contributed by atoms with Crippen molar-refractivity contribution in [2.24, 2.45) is 0 Å². The molecule has 96 valence electrons. The van der Waals surface area contributed by atoms with E-state index in [1.807, 2.05) is 6.07 Å². The summed E-state index contributed by atoms with van der Waals surface area (Å²) in [4.78, 5) is 0. The van der Waals surface area contributed by atoms with Crippen LogP contribution >= 0.6 is 11.6 Å². The highest BCUT2D eigenvalue weighted by Crippen LogP contribution is 2.35. The molecule has 0 heterocycles. The van der Waals surface area contributed by atoms with Crippen molar-refractivity contribution < 1.29 is 9.84 Å². The van der Waals surface area contributed by atoms with Gasteiger partial charge in [-0.1, -0.05) is 26.0 Å². The van der Waals surface area contributed by atoms with Crippen LogP contribution in [0.3, 0.4) is 0 Å². The van der Waals surface area contributed by atoms with Crippen LogP contribution in [0.25, 0.3) is 0 Å². The van der Waals surface area contributed by atoms with Gasteiger partial charge >= 0.3 is 0 Å². The van der Waals surface area contributed by atoms with E-state index in [9.17, 15) is 0 Å². The van der Waals surface area contributed by atoms with E-state index >= 15 is 0 Å². The average Bonchev–Trinajstić information content (AvgIpc) is 2.34. The summed E-state index contributed by atoms with van der Waals surface area (Å²) in [7, 11) is 1.66. The second-order valence-corrected chi connectivity index (χ2v) is 5.02. The van der Waals surface area contributed by atoms with Gasteiger partial charge in [0.15, 0.2) is 0 Å². The predicted molar refractivity (Wildman–Crippen MR) is 72.0 cm³/mol. The number of benzene rings is 1. The molecule has 1 aromatic carbocycles. The molecule has 0 fully saturated rings.